The van der Waals surface area contributed by atoms with Gasteiger partial charge in [-0.15, -0.1) is 0 Å². The molecular formula is C28H23ClF4N6O6. The predicted octanol–water partition coefficient (Wildman–Crippen LogP) is 2.47. The Morgan fingerprint density at radius 2 is 1.96 bits per heavy atom. The molecule has 0 saturated carbocycles. The smallest absolute Gasteiger partial charge is 0.411 e. The molecule has 5 rings (SSSR count). The molecule has 4 aromatic rings. The minimum atomic E-state index is -4.68. The molecule has 1 aliphatic rings. The quantitative estimate of drug-likeness (QED) is 0.288. The zero-order valence-corrected chi connectivity index (χ0v) is 24.0. The van der Waals surface area contributed by atoms with E-state index in [0.29, 0.717) is 5.52 Å². The second-order valence-electron chi connectivity index (χ2n) is 10.1. The molecule has 1 aromatic carbocycles. The third kappa shape index (κ3) is 6.23. The van der Waals surface area contributed by atoms with E-state index in [-0.39, 0.29) is 42.0 Å². The molecule has 0 radical (unpaired) electrons. The molecule has 4 heterocycles. The fraction of sp³-hybridized carbons (Fsp3) is 0.286. The molecule has 2 atom stereocenters. The predicted molar refractivity (Wildman–Crippen MR) is 152 cm³/mol. The van der Waals surface area contributed by atoms with Crippen molar-refractivity contribution in [3.8, 4) is 5.82 Å². The molecule has 236 valence electrons. The number of aliphatic carboxylic acids is 1. The first-order valence-corrected chi connectivity index (χ1v) is 13.6. The van der Waals surface area contributed by atoms with E-state index in [1.165, 1.54) is 48.4 Å². The highest BCUT2D eigenvalue weighted by atomic mass is 35.5. The van der Waals surface area contributed by atoms with Crippen molar-refractivity contribution in [2.24, 2.45) is 7.05 Å². The number of carboxylic acids is 1. The zero-order chi connectivity index (χ0) is 32.6. The van der Waals surface area contributed by atoms with Gasteiger partial charge in [0.05, 0.1) is 40.9 Å². The number of hydrogen-bond acceptors (Lipinski definition) is 8. The van der Waals surface area contributed by atoms with Crippen molar-refractivity contribution < 1.29 is 37.0 Å². The fourth-order valence-corrected chi connectivity index (χ4v) is 5.25. The van der Waals surface area contributed by atoms with Gasteiger partial charge >= 0.3 is 17.8 Å². The van der Waals surface area contributed by atoms with Crippen LogP contribution in [0.15, 0.2) is 58.5 Å². The summed E-state index contributed by atoms with van der Waals surface area (Å²) in [6.45, 7) is -0.924. The largest absolute Gasteiger partial charge is 0.480 e. The van der Waals surface area contributed by atoms with Gasteiger partial charge in [0.15, 0.2) is 0 Å². The molecular weight excluding hydrogens is 628 g/mol. The number of alkyl halides is 3. The van der Waals surface area contributed by atoms with Gasteiger partial charge in [-0.05, 0) is 29.8 Å². The highest BCUT2D eigenvalue weighted by Crippen LogP contribution is 2.34. The lowest BCUT2D eigenvalue weighted by Crippen LogP contribution is -2.53. The van der Waals surface area contributed by atoms with Gasteiger partial charge in [-0.2, -0.15) is 13.2 Å². The van der Waals surface area contributed by atoms with Crippen molar-refractivity contribution in [3.05, 3.63) is 91.7 Å². The van der Waals surface area contributed by atoms with Gasteiger partial charge in [0.1, 0.15) is 23.7 Å². The molecule has 45 heavy (non-hydrogen) atoms. The number of ether oxygens (including phenoxy) is 1. The van der Waals surface area contributed by atoms with Gasteiger partial charge in [-0.25, -0.2) is 23.5 Å². The Morgan fingerprint density at radius 3 is 2.60 bits per heavy atom. The number of carbonyl (C=O) groups excluding carboxylic acids is 1. The van der Waals surface area contributed by atoms with E-state index in [4.69, 9.17) is 16.3 Å². The van der Waals surface area contributed by atoms with Gasteiger partial charge in [0.2, 0.25) is 0 Å². The lowest BCUT2D eigenvalue weighted by atomic mass is 10.1. The van der Waals surface area contributed by atoms with Crippen LogP contribution in [0.4, 0.5) is 23.2 Å². The van der Waals surface area contributed by atoms with Gasteiger partial charge in [-0.3, -0.25) is 19.1 Å². The van der Waals surface area contributed by atoms with Crippen molar-refractivity contribution in [1.29, 1.82) is 0 Å². The van der Waals surface area contributed by atoms with Crippen LogP contribution < -0.4 is 21.5 Å². The molecule has 3 aromatic heterocycles. The van der Waals surface area contributed by atoms with E-state index in [0.717, 1.165) is 21.6 Å². The van der Waals surface area contributed by atoms with Crippen molar-refractivity contribution in [2.45, 2.75) is 24.7 Å². The lowest BCUT2D eigenvalue weighted by molar-refractivity contribution is -0.167. The SMILES string of the molecule is Cn1c(=O)n(-c2ccc(CC(NC(=O)c3c(F)cc(N4CCOCC4C(F)(F)F)cc3Cl)C(=O)O)cn2)c(=O)c2ccncc21. The number of fused-ring (bicyclic) bond motifs is 1. The summed E-state index contributed by atoms with van der Waals surface area (Å²) < 4.78 is 62.6. The maximum absolute atomic E-state index is 15.1. The van der Waals surface area contributed by atoms with Crippen LogP contribution in [0, 0.1) is 5.82 Å². The third-order valence-electron chi connectivity index (χ3n) is 7.25. The number of nitrogens with zero attached hydrogens (tertiary/aromatic N) is 5. The van der Waals surface area contributed by atoms with Gasteiger partial charge in [-0.1, -0.05) is 17.7 Å². The number of benzene rings is 1. The third-order valence-corrected chi connectivity index (χ3v) is 7.54. The number of carbonyl (C=O) groups is 2. The fourth-order valence-electron chi connectivity index (χ4n) is 4.96. The summed E-state index contributed by atoms with van der Waals surface area (Å²) in [7, 11) is 1.46. The molecule has 0 spiro atoms. The van der Waals surface area contributed by atoms with Crippen LogP contribution in [0.3, 0.4) is 0 Å². The van der Waals surface area contributed by atoms with Crippen LogP contribution >= 0.6 is 11.6 Å². The standard InChI is InChI=1S/C28H23ClF4N6O6/c1-37-20-12-34-5-4-16(20)25(41)39(27(37)44)22-3-2-14(11-35-22)8-19(26(42)43)36-24(40)23-17(29)9-15(10-18(23)30)38-6-7-45-13-21(38)28(31,32)33/h2-5,9-12,19,21H,6-8,13H2,1H3,(H,36,40)(H,42,43). The summed E-state index contributed by atoms with van der Waals surface area (Å²) >= 11 is 6.13. The number of rotatable bonds is 7. The van der Waals surface area contributed by atoms with E-state index in [1.807, 2.05) is 0 Å². The summed E-state index contributed by atoms with van der Waals surface area (Å²) in [6, 6.07) is 2.22. The Morgan fingerprint density at radius 1 is 1.20 bits per heavy atom. The monoisotopic (exact) mass is 650 g/mol. The number of nitrogens with one attached hydrogen (secondary N) is 1. The number of carboxylic acid groups (broad SMARTS) is 1. The number of aryl methyl sites for hydroxylation is 1. The first-order chi connectivity index (χ1) is 21.3. The number of hydrogen-bond donors (Lipinski definition) is 2. The number of amides is 1. The number of anilines is 1. The van der Waals surface area contributed by atoms with Crippen LogP contribution in [0.2, 0.25) is 5.02 Å². The Hall–Kier alpha value is -4.83. The van der Waals surface area contributed by atoms with Crippen LogP contribution in [-0.2, 0) is 23.0 Å². The van der Waals surface area contributed by atoms with E-state index in [1.54, 1.807) is 0 Å². The summed E-state index contributed by atoms with van der Waals surface area (Å²) in [4.78, 5) is 59.7. The summed E-state index contributed by atoms with van der Waals surface area (Å²) in [5.41, 5.74) is -1.72. The lowest BCUT2D eigenvalue weighted by Gasteiger charge is -2.38. The first-order valence-electron chi connectivity index (χ1n) is 13.2. The van der Waals surface area contributed by atoms with Crippen LogP contribution in [-0.4, -0.2) is 74.1 Å². The summed E-state index contributed by atoms with van der Waals surface area (Å²) in [5, 5.41) is 11.6. The molecule has 1 saturated heterocycles. The second kappa shape index (κ2) is 12.3. The molecule has 12 nitrogen and oxygen atoms in total. The van der Waals surface area contributed by atoms with Crippen molar-refractivity contribution in [2.75, 3.05) is 24.7 Å². The molecule has 1 fully saturated rings. The molecule has 0 bridgehead atoms. The Balaban J connectivity index is 1.36. The highest BCUT2D eigenvalue weighted by molar-refractivity contribution is 6.34. The Kier molecular flexibility index (Phi) is 8.62. The molecule has 0 aliphatic carbocycles. The van der Waals surface area contributed by atoms with E-state index in [2.05, 4.69) is 15.3 Å². The average Bonchev–Trinajstić information content (AvgIpc) is 2.99. The number of pyridine rings is 2. The van der Waals surface area contributed by atoms with Crippen LogP contribution in [0.5, 0.6) is 0 Å². The molecule has 17 heteroatoms. The summed E-state index contributed by atoms with van der Waals surface area (Å²) in [5.74, 6) is -4.00. The van der Waals surface area contributed by atoms with Crippen LogP contribution in [0.1, 0.15) is 15.9 Å². The number of morpholine rings is 1. The van der Waals surface area contributed by atoms with Crippen LogP contribution in [0.25, 0.3) is 16.7 Å². The van der Waals surface area contributed by atoms with Gasteiger partial charge in [0.25, 0.3) is 11.5 Å². The topological polar surface area (TPSA) is 149 Å². The molecule has 2 unspecified atom stereocenters. The van der Waals surface area contributed by atoms with E-state index in [9.17, 15) is 37.5 Å². The average molecular weight is 651 g/mol. The van der Waals surface area contributed by atoms with Gasteiger partial charge in [0, 0.05) is 38.1 Å². The second-order valence-corrected chi connectivity index (χ2v) is 10.5. The number of aromatic nitrogens is 4. The maximum Gasteiger partial charge on any atom is 0.411 e. The van der Waals surface area contributed by atoms with Gasteiger partial charge < -0.3 is 20.1 Å². The first kappa shape index (κ1) is 31.6. The minimum Gasteiger partial charge on any atom is -0.480 e. The van der Waals surface area contributed by atoms with E-state index >= 15 is 4.39 Å². The molecule has 1 amide bonds. The van der Waals surface area contributed by atoms with Crippen molar-refractivity contribution in [1.82, 2.24) is 24.4 Å². The van der Waals surface area contributed by atoms with Crippen molar-refractivity contribution in [3.63, 3.8) is 0 Å². The number of halogens is 5. The van der Waals surface area contributed by atoms with E-state index < -0.39 is 64.4 Å². The maximum atomic E-state index is 15.1. The van der Waals surface area contributed by atoms with Crippen molar-refractivity contribution >= 4 is 40.1 Å². The normalized spacial score (nSPS) is 16.0. The molecule has 1 aliphatic heterocycles. The Bertz CT molecular complexity index is 1890. The molecule has 2 N–H and O–H groups in total. The Labute approximate surface area is 255 Å². The summed E-state index contributed by atoms with van der Waals surface area (Å²) in [6.07, 6.45) is -1.04. The zero-order valence-electron chi connectivity index (χ0n) is 23.2. The highest BCUT2D eigenvalue weighted by Gasteiger charge is 2.45. The minimum absolute atomic E-state index is 0.0408.